The molecule has 1 unspecified atom stereocenters. The molecule has 1 aromatic carbocycles. The summed E-state index contributed by atoms with van der Waals surface area (Å²) in [7, 11) is 0. The zero-order valence-corrected chi connectivity index (χ0v) is 12.7. The minimum absolute atomic E-state index is 0.309. The van der Waals surface area contributed by atoms with Crippen LogP contribution in [0, 0.1) is 12.8 Å². The van der Waals surface area contributed by atoms with Gasteiger partial charge in [0.15, 0.2) is 5.13 Å². The van der Waals surface area contributed by atoms with Crippen LogP contribution in [0.3, 0.4) is 0 Å². The summed E-state index contributed by atoms with van der Waals surface area (Å²) in [5.41, 5.74) is 1.99. The number of benzene rings is 1. The van der Waals surface area contributed by atoms with Gasteiger partial charge in [-0.25, -0.2) is 9.78 Å². The fourth-order valence-corrected chi connectivity index (χ4v) is 2.71. The summed E-state index contributed by atoms with van der Waals surface area (Å²) in [4.78, 5) is 26.7. The van der Waals surface area contributed by atoms with Crippen molar-refractivity contribution in [2.75, 3.05) is 11.9 Å². The first-order chi connectivity index (χ1) is 9.95. The molecule has 1 atom stereocenters. The highest BCUT2D eigenvalue weighted by Crippen LogP contribution is 2.26. The number of urea groups is 1. The van der Waals surface area contributed by atoms with Crippen molar-refractivity contribution in [3.8, 4) is 0 Å². The molecule has 0 saturated carbocycles. The Labute approximate surface area is 126 Å². The summed E-state index contributed by atoms with van der Waals surface area (Å²) in [6.45, 7) is 3.92. The van der Waals surface area contributed by atoms with Crippen LogP contribution in [0.4, 0.5) is 9.93 Å². The quantitative estimate of drug-likeness (QED) is 0.792. The number of hydrogen-bond acceptors (Lipinski definition) is 4. The number of carbonyl (C=O) groups excluding carboxylic acids is 1. The molecule has 0 saturated heterocycles. The molecule has 0 fully saturated rings. The largest absolute Gasteiger partial charge is 0.481 e. The summed E-state index contributed by atoms with van der Waals surface area (Å²) in [5.74, 6) is -1.34. The van der Waals surface area contributed by atoms with Gasteiger partial charge in [-0.05, 0) is 31.0 Å². The predicted octanol–water partition coefficient (Wildman–Crippen LogP) is 2.84. The molecule has 3 N–H and O–H groups in total. The summed E-state index contributed by atoms with van der Waals surface area (Å²) < 4.78 is 1.02. The SMILES string of the molecule is Cc1ccc2nc(NC(=O)NCCC(C)C(=O)O)sc2c1. The number of thiazole rings is 1. The number of anilines is 1. The zero-order valence-electron chi connectivity index (χ0n) is 11.8. The first-order valence-electron chi connectivity index (χ1n) is 6.60. The highest BCUT2D eigenvalue weighted by Gasteiger charge is 2.11. The Hall–Kier alpha value is -2.15. The van der Waals surface area contributed by atoms with Crippen molar-refractivity contribution in [3.05, 3.63) is 23.8 Å². The van der Waals surface area contributed by atoms with E-state index in [-0.39, 0.29) is 6.03 Å². The van der Waals surface area contributed by atoms with Crippen molar-refractivity contribution >= 4 is 38.7 Å². The van der Waals surface area contributed by atoms with Gasteiger partial charge < -0.3 is 10.4 Å². The lowest BCUT2D eigenvalue weighted by Gasteiger charge is -2.07. The molecule has 6 nitrogen and oxygen atoms in total. The number of aromatic nitrogens is 1. The molecular weight excluding hydrogens is 290 g/mol. The van der Waals surface area contributed by atoms with Gasteiger partial charge in [-0.1, -0.05) is 24.3 Å². The fourth-order valence-electron chi connectivity index (χ4n) is 1.75. The minimum atomic E-state index is -0.862. The second kappa shape index (κ2) is 6.53. The van der Waals surface area contributed by atoms with E-state index in [2.05, 4.69) is 15.6 Å². The lowest BCUT2D eigenvalue weighted by molar-refractivity contribution is -0.141. The molecule has 2 amide bonds. The Kier molecular flexibility index (Phi) is 4.74. The molecule has 0 bridgehead atoms. The maximum atomic E-state index is 11.7. The number of rotatable bonds is 5. The molecule has 0 spiro atoms. The van der Waals surface area contributed by atoms with E-state index in [1.54, 1.807) is 6.92 Å². The van der Waals surface area contributed by atoms with Crippen LogP contribution in [0.2, 0.25) is 0 Å². The van der Waals surface area contributed by atoms with Crippen molar-refractivity contribution < 1.29 is 14.7 Å². The lowest BCUT2D eigenvalue weighted by Crippen LogP contribution is -2.31. The van der Waals surface area contributed by atoms with E-state index in [0.29, 0.717) is 18.1 Å². The monoisotopic (exact) mass is 307 g/mol. The topological polar surface area (TPSA) is 91.3 Å². The molecule has 2 aromatic rings. The first kappa shape index (κ1) is 15.2. The first-order valence-corrected chi connectivity index (χ1v) is 7.42. The maximum absolute atomic E-state index is 11.7. The summed E-state index contributed by atoms with van der Waals surface area (Å²) in [5, 5.41) is 14.6. The summed E-state index contributed by atoms with van der Waals surface area (Å²) in [6, 6.07) is 5.53. The van der Waals surface area contributed by atoms with Crippen LogP contribution in [-0.2, 0) is 4.79 Å². The fraction of sp³-hybridized carbons (Fsp3) is 0.357. The van der Waals surface area contributed by atoms with Crippen molar-refractivity contribution in [2.45, 2.75) is 20.3 Å². The third kappa shape index (κ3) is 4.16. The number of carboxylic acid groups (broad SMARTS) is 1. The van der Waals surface area contributed by atoms with Crippen LogP contribution in [0.15, 0.2) is 18.2 Å². The second-order valence-electron chi connectivity index (χ2n) is 4.90. The van der Waals surface area contributed by atoms with Gasteiger partial charge >= 0.3 is 12.0 Å². The average Bonchev–Trinajstić information content (AvgIpc) is 2.79. The van der Waals surface area contributed by atoms with Crippen molar-refractivity contribution in [2.24, 2.45) is 5.92 Å². The van der Waals surface area contributed by atoms with Gasteiger partial charge in [-0.15, -0.1) is 0 Å². The molecule has 0 aliphatic heterocycles. The van der Waals surface area contributed by atoms with Crippen molar-refractivity contribution in [1.82, 2.24) is 10.3 Å². The van der Waals surface area contributed by atoms with Crippen molar-refractivity contribution in [3.63, 3.8) is 0 Å². The van der Waals surface area contributed by atoms with Crippen LogP contribution >= 0.6 is 11.3 Å². The van der Waals surface area contributed by atoms with Gasteiger partial charge in [0.1, 0.15) is 0 Å². The number of hydrogen-bond donors (Lipinski definition) is 3. The van der Waals surface area contributed by atoms with E-state index < -0.39 is 11.9 Å². The van der Waals surface area contributed by atoms with Gasteiger partial charge in [-0.2, -0.15) is 0 Å². The molecule has 7 heteroatoms. The van der Waals surface area contributed by atoms with Crippen LogP contribution in [0.5, 0.6) is 0 Å². The number of aliphatic carboxylic acids is 1. The number of aryl methyl sites for hydroxylation is 1. The van der Waals surface area contributed by atoms with Crippen molar-refractivity contribution in [1.29, 1.82) is 0 Å². The minimum Gasteiger partial charge on any atom is -0.481 e. The summed E-state index contributed by atoms with van der Waals surface area (Å²) in [6.07, 6.45) is 0.391. The predicted molar refractivity (Wildman–Crippen MR) is 82.8 cm³/mol. The van der Waals surface area contributed by atoms with Crippen LogP contribution in [-0.4, -0.2) is 28.6 Å². The Bertz CT molecular complexity index is 669. The molecule has 112 valence electrons. The number of carbonyl (C=O) groups is 2. The van der Waals surface area contributed by atoms with Gasteiger partial charge in [0.25, 0.3) is 0 Å². The van der Waals surface area contributed by atoms with Crippen LogP contribution in [0.25, 0.3) is 10.2 Å². The average molecular weight is 307 g/mol. The Morgan fingerprint density at radius 2 is 2.19 bits per heavy atom. The van der Waals surface area contributed by atoms with Crippen LogP contribution in [0.1, 0.15) is 18.9 Å². The molecule has 1 aromatic heterocycles. The van der Waals surface area contributed by atoms with E-state index in [1.165, 1.54) is 11.3 Å². The zero-order chi connectivity index (χ0) is 15.4. The highest BCUT2D eigenvalue weighted by molar-refractivity contribution is 7.22. The van der Waals surface area contributed by atoms with Gasteiger partial charge in [0.2, 0.25) is 0 Å². The smallest absolute Gasteiger partial charge is 0.321 e. The van der Waals surface area contributed by atoms with Gasteiger partial charge in [0, 0.05) is 6.54 Å². The van der Waals surface area contributed by atoms with E-state index in [4.69, 9.17) is 5.11 Å². The Balaban J connectivity index is 1.88. The second-order valence-corrected chi connectivity index (χ2v) is 5.93. The Morgan fingerprint density at radius 3 is 2.90 bits per heavy atom. The number of fused-ring (bicyclic) bond motifs is 1. The van der Waals surface area contributed by atoms with Gasteiger partial charge in [-0.3, -0.25) is 10.1 Å². The highest BCUT2D eigenvalue weighted by atomic mass is 32.1. The standard InChI is InChI=1S/C14H17N3O3S/c1-8-3-4-10-11(7-8)21-14(16-10)17-13(20)15-6-5-9(2)12(18)19/h3-4,7,9H,5-6H2,1-2H3,(H,18,19)(H2,15,16,17,20). The number of nitrogens with zero attached hydrogens (tertiary/aromatic N) is 1. The molecule has 0 aliphatic rings. The van der Waals surface area contributed by atoms with E-state index in [9.17, 15) is 9.59 Å². The van der Waals surface area contributed by atoms with E-state index in [1.807, 2.05) is 25.1 Å². The number of carboxylic acids is 1. The third-order valence-corrected chi connectivity index (χ3v) is 3.98. The molecule has 0 aliphatic carbocycles. The van der Waals surface area contributed by atoms with E-state index in [0.717, 1.165) is 15.8 Å². The molecular formula is C14H17N3O3S. The molecule has 21 heavy (non-hydrogen) atoms. The van der Waals surface area contributed by atoms with E-state index >= 15 is 0 Å². The molecule has 0 radical (unpaired) electrons. The lowest BCUT2D eigenvalue weighted by atomic mass is 10.1. The maximum Gasteiger partial charge on any atom is 0.321 e. The molecule has 1 heterocycles. The normalized spacial score (nSPS) is 12.1. The summed E-state index contributed by atoms with van der Waals surface area (Å²) >= 11 is 1.41. The van der Waals surface area contributed by atoms with Crippen LogP contribution < -0.4 is 10.6 Å². The Morgan fingerprint density at radius 1 is 1.43 bits per heavy atom. The number of nitrogens with one attached hydrogen (secondary N) is 2. The van der Waals surface area contributed by atoms with Gasteiger partial charge in [0.05, 0.1) is 16.1 Å². The number of amides is 2. The third-order valence-electron chi connectivity index (χ3n) is 3.05. The molecule has 2 rings (SSSR count).